The Labute approximate surface area is 201 Å². The molecule has 2 fully saturated rings. The van der Waals surface area contributed by atoms with Crippen LogP contribution in [0.4, 0.5) is 5.69 Å². The predicted molar refractivity (Wildman–Crippen MR) is 129 cm³/mol. The predicted octanol–water partition coefficient (Wildman–Crippen LogP) is 4.54. The maximum atomic E-state index is 13.3. The number of hydrogen-bond donors (Lipinski definition) is 3. The second-order valence-electron chi connectivity index (χ2n) is 9.54. The average Bonchev–Trinajstić information content (AvgIpc) is 3.50. The maximum Gasteiger partial charge on any atom is 0.325 e. The zero-order valence-corrected chi connectivity index (χ0v) is 19.8. The van der Waals surface area contributed by atoms with Gasteiger partial charge in [0.1, 0.15) is 5.54 Å². The average molecular weight is 511 g/mol. The number of carbonyl (C=O) groups excluding carboxylic acids is 2. The summed E-state index contributed by atoms with van der Waals surface area (Å²) in [4.78, 5) is 39.4. The molecule has 0 saturated heterocycles. The number of fused-ring (bicyclic) bond motifs is 2. The van der Waals surface area contributed by atoms with Crippen molar-refractivity contribution in [3.63, 3.8) is 0 Å². The van der Waals surface area contributed by atoms with E-state index in [0.717, 1.165) is 47.8 Å². The standard InChI is InChI=1S/C26H27BrN2O4/c27-16-10-8-15(9-11-16)24(31)22(30)14-26(25(32)33,29-17-12-13-17)23-18-4-1-2-6-20(18)28-21-7-3-5-19(21)23/h1-2,4,6,8-11,17,19,21,23,28-29H,3,5,7,12-14H2,(H,32,33). The van der Waals surface area contributed by atoms with Gasteiger partial charge in [0.2, 0.25) is 11.6 Å². The van der Waals surface area contributed by atoms with Gasteiger partial charge < -0.3 is 10.4 Å². The molecule has 0 spiro atoms. The minimum atomic E-state index is -1.53. The molecule has 4 unspecified atom stereocenters. The number of hydrogen-bond acceptors (Lipinski definition) is 5. The Bertz CT molecular complexity index is 1100. The van der Waals surface area contributed by atoms with Crippen LogP contribution in [0.25, 0.3) is 0 Å². The molecule has 2 aliphatic carbocycles. The lowest BCUT2D eigenvalue weighted by molar-refractivity contribution is -0.149. The number of carboxylic acid groups (broad SMARTS) is 1. The summed E-state index contributed by atoms with van der Waals surface area (Å²) in [6, 6.07) is 14.6. The molecule has 1 heterocycles. The number of Topliss-reactive ketones (excluding diaryl/α,β-unsaturated/α-hetero) is 2. The first-order chi connectivity index (χ1) is 15.9. The van der Waals surface area contributed by atoms with Crippen LogP contribution in [0.3, 0.4) is 0 Å². The van der Waals surface area contributed by atoms with E-state index in [0.29, 0.717) is 0 Å². The Kier molecular flexibility index (Phi) is 5.87. The Hall–Kier alpha value is -2.51. The topological polar surface area (TPSA) is 95.5 Å². The van der Waals surface area contributed by atoms with Gasteiger partial charge in [0, 0.05) is 40.1 Å². The first-order valence-corrected chi connectivity index (χ1v) is 12.4. The molecule has 172 valence electrons. The van der Waals surface area contributed by atoms with Gasteiger partial charge in [-0.2, -0.15) is 0 Å². The van der Waals surface area contributed by atoms with Crippen LogP contribution in [0, 0.1) is 5.92 Å². The molecule has 0 aromatic heterocycles. The second-order valence-corrected chi connectivity index (χ2v) is 10.5. The molecule has 3 aliphatic rings. The van der Waals surface area contributed by atoms with Crippen LogP contribution >= 0.6 is 15.9 Å². The van der Waals surface area contributed by atoms with Gasteiger partial charge in [0.15, 0.2) is 0 Å². The fourth-order valence-corrected chi connectivity index (χ4v) is 6.00. The lowest BCUT2D eigenvalue weighted by Crippen LogP contribution is -2.62. The molecule has 33 heavy (non-hydrogen) atoms. The number of carbonyl (C=O) groups is 3. The summed E-state index contributed by atoms with van der Waals surface area (Å²) in [6.45, 7) is 0. The van der Waals surface area contributed by atoms with E-state index in [2.05, 4.69) is 26.6 Å². The zero-order chi connectivity index (χ0) is 23.2. The zero-order valence-electron chi connectivity index (χ0n) is 18.2. The molecular weight excluding hydrogens is 484 g/mol. The lowest BCUT2D eigenvalue weighted by Gasteiger charge is -2.46. The van der Waals surface area contributed by atoms with Crippen molar-refractivity contribution in [2.45, 2.75) is 62.1 Å². The van der Waals surface area contributed by atoms with Gasteiger partial charge >= 0.3 is 5.97 Å². The first-order valence-electron chi connectivity index (χ1n) is 11.6. The molecule has 0 radical (unpaired) electrons. The molecule has 0 amide bonds. The van der Waals surface area contributed by atoms with Gasteiger partial charge in [0.05, 0.1) is 0 Å². The largest absolute Gasteiger partial charge is 0.480 e. The SMILES string of the molecule is O=C(CC(NC1CC1)(C(=O)O)C1c2ccccc2NC2CCCC21)C(=O)c1ccc(Br)cc1. The Morgan fingerprint density at radius 2 is 1.76 bits per heavy atom. The Morgan fingerprint density at radius 3 is 2.45 bits per heavy atom. The summed E-state index contributed by atoms with van der Waals surface area (Å²) in [5, 5.41) is 17.6. The van der Waals surface area contributed by atoms with E-state index in [4.69, 9.17) is 0 Å². The quantitative estimate of drug-likeness (QED) is 0.356. The number of carboxylic acids is 1. The van der Waals surface area contributed by atoms with Crippen LogP contribution < -0.4 is 10.6 Å². The van der Waals surface area contributed by atoms with Crippen molar-refractivity contribution < 1.29 is 19.5 Å². The Morgan fingerprint density at radius 1 is 1.03 bits per heavy atom. The molecule has 0 bridgehead atoms. The van der Waals surface area contributed by atoms with E-state index >= 15 is 0 Å². The second kappa shape index (κ2) is 8.69. The summed E-state index contributed by atoms with van der Waals surface area (Å²) in [5.74, 6) is -2.69. The number of para-hydroxylation sites is 1. The molecular formula is C26H27BrN2O4. The van der Waals surface area contributed by atoms with Crippen LogP contribution in [-0.2, 0) is 9.59 Å². The number of halogens is 1. The van der Waals surface area contributed by atoms with Crippen molar-refractivity contribution in [1.82, 2.24) is 5.32 Å². The van der Waals surface area contributed by atoms with Crippen molar-refractivity contribution in [3.8, 4) is 0 Å². The highest BCUT2D eigenvalue weighted by molar-refractivity contribution is 9.10. The third kappa shape index (κ3) is 4.13. The highest BCUT2D eigenvalue weighted by atomic mass is 79.9. The summed E-state index contributed by atoms with van der Waals surface area (Å²) in [6.07, 6.45) is 4.27. The minimum absolute atomic E-state index is 0.0542. The number of anilines is 1. The van der Waals surface area contributed by atoms with Crippen molar-refractivity contribution in [3.05, 3.63) is 64.1 Å². The minimum Gasteiger partial charge on any atom is -0.480 e. The number of ketones is 2. The lowest BCUT2D eigenvalue weighted by atomic mass is 9.65. The summed E-state index contributed by atoms with van der Waals surface area (Å²) in [5.41, 5.74) is 0.591. The van der Waals surface area contributed by atoms with Crippen LogP contribution in [0.2, 0.25) is 0 Å². The molecule has 1 aliphatic heterocycles. The summed E-state index contributed by atoms with van der Waals surface area (Å²) >= 11 is 3.34. The highest BCUT2D eigenvalue weighted by Gasteiger charge is 2.57. The normalized spacial score (nSPS) is 25.3. The molecule has 2 saturated carbocycles. The fourth-order valence-electron chi connectivity index (χ4n) is 5.74. The monoisotopic (exact) mass is 510 g/mol. The molecule has 6 nitrogen and oxygen atoms in total. The van der Waals surface area contributed by atoms with Crippen molar-refractivity contribution in [1.29, 1.82) is 0 Å². The number of nitrogens with one attached hydrogen (secondary N) is 2. The molecule has 5 rings (SSSR count). The van der Waals surface area contributed by atoms with Crippen LogP contribution in [0.5, 0.6) is 0 Å². The third-order valence-electron chi connectivity index (χ3n) is 7.38. The summed E-state index contributed by atoms with van der Waals surface area (Å²) in [7, 11) is 0. The van der Waals surface area contributed by atoms with Gasteiger partial charge in [-0.15, -0.1) is 0 Å². The van der Waals surface area contributed by atoms with E-state index < -0.39 is 29.0 Å². The van der Waals surface area contributed by atoms with Gasteiger partial charge in [-0.3, -0.25) is 19.7 Å². The van der Waals surface area contributed by atoms with E-state index in [9.17, 15) is 19.5 Å². The third-order valence-corrected chi connectivity index (χ3v) is 7.91. The van der Waals surface area contributed by atoms with Crippen molar-refractivity contribution in [2.24, 2.45) is 5.92 Å². The van der Waals surface area contributed by atoms with Crippen LogP contribution in [0.1, 0.15) is 60.4 Å². The van der Waals surface area contributed by atoms with Gasteiger partial charge in [-0.1, -0.05) is 40.5 Å². The van der Waals surface area contributed by atoms with E-state index in [-0.39, 0.29) is 30.0 Å². The highest BCUT2D eigenvalue weighted by Crippen LogP contribution is 2.52. The molecule has 3 N–H and O–H groups in total. The van der Waals surface area contributed by atoms with Crippen LogP contribution in [0.15, 0.2) is 53.0 Å². The number of aliphatic carboxylic acids is 1. The number of rotatable bonds is 8. The van der Waals surface area contributed by atoms with E-state index in [1.165, 1.54) is 0 Å². The Balaban J connectivity index is 1.56. The maximum absolute atomic E-state index is 13.3. The fraction of sp³-hybridized carbons (Fsp3) is 0.423. The number of benzene rings is 2. The molecule has 7 heteroatoms. The smallest absolute Gasteiger partial charge is 0.325 e. The first kappa shape index (κ1) is 22.3. The van der Waals surface area contributed by atoms with Crippen molar-refractivity contribution >= 4 is 39.2 Å². The molecule has 4 atom stereocenters. The van der Waals surface area contributed by atoms with Gasteiger partial charge in [-0.25, -0.2) is 0 Å². The van der Waals surface area contributed by atoms with Gasteiger partial charge in [-0.05, 0) is 67.5 Å². The molecule has 2 aromatic carbocycles. The van der Waals surface area contributed by atoms with E-state index in [1.54, 1.807) is 24.3 Å². The van der Waals surface area contributed by atoms with Gasteiger partial charge in [0.25, 0.3) is 0 Å². The van der Waals surface area contributed by atoms with Crippen molar-refractivity contribution in [2.75, 3.05) is 5.32 Å². The summed E-state index contributed by atoms with van der Waals surface area (Å²) < 4.78 is 0.806. The van der Waals surface area contributed by atoms with E-state index in [1.807, 2.05) is 24.3 Å². The van der Waals surface area contributed by atoms with Crippen LogP contribution in [-0.4, -0.2) is 40.3 Å². The molecule has 2 aromatic rings.